The van der Waals surface area contributed by atoms with Gasteiger partial charge in [0.1, 0.15) is 6.10 Å². The Kier molecular flexibility index (Phi) is 5.19. The smallest absolute Gasteiger partial charge is 0.350 e. The fourth-order valence-corrected chi connectivity index (χ4v) is 4.64. The minimum absolute atomic E-state index is 0.0234. The fraction of sp³-hybridized carbons (Fsp3) is 0.440. The molecule has 32 heavy (non-hydrogen) atoms. The van der Waals surface area contributed by atoms with Crippen molar-refractivity contribution in [3.05, 3.63) is 41.5 Å². The van der Waals surface area contributed by atoms with Gasteiger partial charge in [0.15, 0.2) is 11.5 Å². The molecular formula is C25H27NO6. The van der Waals surface area contributed by atoms with Gasteiger partial charge in [0.25, 0.3) is 5.91 Å². The second-order valence-electron chi connectivity index (χ2n) is 8.60. The molecule has 1 aliphatic heterocycles. The molecular weight excluding hydrogens is 410 g/mol. The molecule has 0 bridgehead atoms. The molecule has 7 nitrogen and oxygen atoms in total. The van der Waals surface area contributed by atoms with E-state index in [4.69, 9.17) is 18.9 Å². The molecule has 2 fully saturated rings. The first-order valence-corrected chi connectivity index (χ1v) is 11.1. The highest BCUT2D eigenvalue weighted by molar-refractivity contribution is 6.01. The van der Waals surface area contributed by atoms with E-state index in [0.29, 0.717) is 42.2 Å². The number of nitrogens with one attached hydrogen (secondary N) is 1. The Hall–Kier alpha value is -3.22. The molecule has 0 radical (unpaired) electrons. The zero-order valence-electron chi connectivity index (χ0n) is 18.4. The van der Waals surface area contributed by atoms with Crippen LogP contribution in [0.3, 0.4) is 0 Å². The molecule has 2 aromatic carbocycles. The van der Waals surface area contributed by atoms with Gasteiger partial charge in [-0.1, -0.05) is 12.1 Å². The van der Waals surface area contributed by atoms with Crippen LogP contribution in [0.2, 0.25) is 0 Å². The second-order valence-corrected chi connectivity index (χ2v) is 8.60. The number of carbonyl (C=O) groups excluding carboxylic acids is 2. The summed E-state index contributed by atoms with van der Waals surface area (Å²) in [5.74, 6) is 0.951. The Morgan fingerprint density at radius 1 is 0.969 bits per heavy atom. The Labute approximate surface area is 187 Å². The maximum absolute atomic E-state index is 13.0. The lowest BCUT2D eigenvalue weighted by Crippen LogP contribution is -2.34. The van der Waals surface area contributed by atoms with Crippen molar-refractivity contribution in [1.29, 1.82) is 0 Å². The topological polar surface area (TPSA) is 83.1 Å². The molecule has 7 heteroatoms. The molecule has 1 heterocycles. The average Bonchev–Trinajstić information content (AvgIpc) is 3.22. The van der Waals surface area contributed by atoms with Crippen LogP contribution in [-0.4, -0.2) is 37.8 Å². The van der Waals surface area contributed by atoms with Crippen LogP contribution in [0, 0.1) is 0 Å². The highest BCUT2D eigenvalue weighted by Gasteiger charge is 2.56. The molecule has 2 aromatic rings. The van der Waals surface area contributed by atoms with Crippen molar-refractivity contribution in [3.8, 4) is 28.4 Å². The van der Waals surface area contributed by atoms with E-state index in [2.05, 4.69) is 5.32 Å². The van der Waals surface area contributed by atoms with Crippen LogP contribution in [0.15, 0.2) is 30.3 Å². The minimum Gasteiger partial charge on any atom is -0.493 e. The van der Waals surface area contributed by atoms with Crippen molar-refractivity contribution in [1.82, 2.24) is 5.32 Å². The molecule has 0 unspecified atom stereocenters. The van der Waals surface area contributed by atoms with Gasteiger partial charge in [0, 0.05) is 30.5 Å². The number of hydrogen-bond donors (Lipinski definition) is 1. The molecule has 0 spiro atoms. The van der Waals surface area contributed by atoms with E-state index in [0.717, 1.165) is 42.4 Å². The normalized spacial score (nSPS) is 18.6. The lowest BCUT2D eigenvalue weighted by atomic mass is 9.95. The molecule has 0 aromatic heterocycles. The average molecular weight is 437 g/mol. The molecule has 1 N–H and O–H groups in total. The van der Waals surface area contributed by atoms with Gasteiger partial charge in [-0.05, 0) is 55.0 Å². The van der Waals surface area contributed by atoms with Gasteiger partial charge < -0.3 is 24.3 Å². The largest absolute Gasteiger partial charge is 0.493 e. The third-order valence-electron chi connectivity index (χ3n) is 6.59. The molecule has 1 amide bonds. The van der Waals surface area contributed by atoms with Crippen molar-refractivity contribution in [2.45, 2.75) is 56.8 Å². The zero-order valence-corrected chi connectivity index (χ0v) is 18.4. The third-order valence-corrected chi connectivity index (χ3v) is 6.59. The van der Waals surface area contributed by atoms with Crippen molar-refractivity contribution in [2.75, 3.05) is 14.2 Å². The van der Waals surface area contributed by atoms with Gasteiger partial charge in [0.2, 0.25) is 11.4 Å². The van der Waals surface area contributed by atoms with Gasteiger partial charge >= 0.3 is 5.97 Å². The Balaban J connectivity index is 1.56. The van der Waals surface area contributed by atoms with E-state index in [-0.39, 0.29) is 18.0 Å². The highest BCUT2D eigenvalue weighted by Crippen LogP contribution is 2.51. The zero-order chi connectivity index (χ0) is 22.3. The van der Waals surface area contributed by atoms with E-state index in [1.165, 1.54) is 0 Å². The number of ether oxygens (including phenoxy) is 4. The van der Waals surface area contributed by atoms with Crippen LogP contribution in [0.5, 0.6) is 17.2 Å². The maximum Gasteiger partial charge on any atom is 0.350 e. The molecule has 3 aliphatic rings. The standard InChI is InChI=1S/C25H27NO6/c1-29-20-11-10-17(16-8-5-9-18-19(16)14-26-23(18)27)21(22(20)30-2)32-25(12-13-25)24(28)31-15-6-3-4-7-15/h5,8-11,15H,3-4,6-7,12-14H2,1-2H3,(H,26,27). The Morgan fingerprint density at radius 2 is 1.72 bits per heavy atom. The van der Waals surface area contributed by atoms with Crippen LogP contribution < -0.4 is 19.5 Å². The van der Waals surface area contributed by atoms with Crippen molar-refractivity contribution in [2.24, 2.45) is 0 Å². The van der Waals surface area contributed by atoms with Gasteiger partial charge in [-0.2, -0.15) is 0 Å². The summed E-state index contributed by atoms with van der Waals surface area (Å²) in [6, 6.07) is 9.29. The van der Waals surface area contributed by atoms with Gasteiger partial charge in [-0.15, -0.1) is 0 Å². The summed E-state index contributed by atoms with van der Waals surface area (Å²) in [5.41, 5.74) is 2.13. The van der Waals surface area contributed by atoms with Crippen LogP contribution >= 0.6 is 0 Å². The fourth-order valence-electron chi connectivity index (χ4n) is 4.64. The van der Waals surface area contributed by atoms with Crippen LogP contribution in [0.4, 0.5) is 0 Å². The van der Waals surface area contributed by atoms with Crippen LogP contribution in [0.25, 0.3) is 11.1 Å². The predicted molar refractivity (Wildman–Crippen MR) is 117 cm³/mol. The number of rotatable bonds is 7. The minimum atomic E-state index is -1.01. The molecule has 5 rings (SSSR count). The first-order valence-electron chi connectivity index (χ1n) is 11.1. The third kappa shape index (κ3) is 3.45. The SMILES string of the molecule is COc1ccc(-c2cccc3c2CNC3=O)c(OC2(C(=O)OC3CCCC3)CC2)c1OC. The van der Waals surface area contributed by atoms with Crippen molar-refractivity contribution in [3.63, 3.8) is 0 Å². The van der Waals surface area contributed by atoms with E-state index in [1.807, 2.05) is 24.3 Å². The van der Waals surface area contributed by atoms with Gasteiger partial charge in [0.05, 0.1) is 14.2 Å². The van der Waals surface area contributed by atoms with Crippen molar-refractivity contribution >= 4 is 11.9 Å². The first-order chi connectivity index (χ1) is 15.6. The molecule has 2 aliphatic carbocycles. The Bertz CT molecular complexity index is 1070. The monoisotopic (exact) mass is 437 g/mol. The summed E-state index contributed by atoms with van der Waals surface area (Å²) in [4.78, 5) is 25.2. The number of amides is 1. The van der Waals surface area contributed by atoms with Gasteiger partial charge in [-0.3, -0.25) is 4.79 Å². The maximum atomic E-state index is 13.0. The van der Waals surface area contributed by atoms with Gasteiger partial charge in [-0.25, -0.2) is 4.79 Å². The Morgan fingerprint density at radius 3 is 2.41 bits per heavy atom. The molecule has 2 saturated carbocycles. The number of hydrogen-bond acceptors (Lipinski definition) is 6. The number of esters is 1. The van der Waals surface area contributed by atoms with E-state index in [1.54, 1.807) is 20.3 Å². The number of fused-ring (bicyclic) bond motifs is 1. The van der Waals surface area contributed by atoms with E-state index < -0.39 is 5.60 Å². The number of benzene rings is 2. The first kappa shape index (κ1) is 20.7. The summed E-state index contributed by atoms with van der Waals surface area (Å²) >= 11 is 0. The van der Waals surface area contributed by atoms with E-state index >= 15 is 0 Å². The highest BCUT2D eigenvalue weighted by atomic mass is 16.6. The molecule has 0 atom stereocenters. The molecule has 0 saturated heterocycles. The number of methoxy groups -OCH3 is 2. The summed E-state index contributed by atoms with van der Waals surface area (Å²) in [6.07, 6.45) is 5.15. The quantitative estimate of drug-likeness (QED) is 0.659. The van der Waals surface area contributed by atoms with Crippen LogP contribution in [-0.2, 0) is 16.1 Å². The summed E-state index contributed by atoms with van der Waals surface area (Å²) in [6.45, 7) is 0.437. The summed E-state index contributed by atoms with van der Waals surface area (Å²) in [5, 5.41) is 2.88. The lowest BCUT2D eigenvalue weighted by Gasteiger charge is -2.24. The van der Waals surface area contributed by atoms with Crippen LogP contribution in [0.1, 0.15) is 54.4 Å². The summed E-state index contributed by atoms with van der Waals surface area (Å²) in [7, 11) is 3.11. The second kappa shape index (κ2) is 8.04. The summed E-state index contributed by atoms with van der Waals surface area (Å²) < 4.78 is 23.4. The lowest BCUT2D eigenvalue weighted by molar-refractivity contribution is -0.159. The predicted octanol–water partition coefficient (Wildman–Crippen LogP) is 4.01. The van der Waals surface area contributed by atoms with Crippen molar-refractivity contribution < 1.29 is 28.5 Å². The number of carbonyl (C=O) groups is 2. The van der Waals surface area contributed by atoms with E-state index in [9.17, 15) is 9.59 Å². The molecule has 168 valence electrons.